The minimum Gasteiger partial charge on any atom is -0.309 e. The molecule has 3 heterocycles. The second-order valence-electron chi connectivity index (χ2n) is 15.2. The smallest absolute Gasteiger partial charge is 0.180 e. The Labute approximate surface area is 332 Å². The lowest BCUT2D eigenvalue weighted by Crippen LogP contribution is -2.72. The predicted octanol–water partition coefficient (Wildman–Crippen LogP) is 10.9. The van der Waals surface area contributed by atoms with Crippen molar-refractivity contribution in [1.29, 1.82) is 0 Å². The molecule has 0 spiro atoms. The Morgan fingerprint density at radius 2 is 0.807 bits per heavy atom. The SMILES string of the molecule is c1ccc(-c2cccc3c2c2ccccc2n3-c2cccc3c2c2ccccc2n3-c2cccc([Si]3(c4ccccc4)c4ccccc4-c4ccccc43)c2)cc1. The molecule has 0 aliphatic carbocycles. The van der Waals surface area contributed by atoms with Gasteiger partial charge >= 0.3 is 0 Å². The molecule has 0 N–H and O–H groups in total. The summed E-state index contributed by atoms with van der Waals surface area (Å²) in [6, 6.07) is 81.3. The van der Waals surface area contributed by atoms with Crippen LogP contribution in [-0.4, -0.2) is 17.2 Å². The van der Waals surface area contributed by atoms with Crippen LogP contribution in [0.5, 0.6) is 0 Å². The first-order chi connectivity index (χ1) is 28.3. The van der Waals surface area contributed by atoms with E-state index in [9.17, 15) is 0 Å². The van der Waals surface area contributed by atoms with Crippen LogP contribution in [0.1, 0.15) is 0 Å². The number of para-hydroxylation sites is 2. The van der Waals surface area contributed by atoms with E-state index in [1.807, 2.05) is 0 Å². The standard InChI is InChI=1S/C54H36N2Si/c1-3-18-37(19-4-1)41-28-16-31-48-53(41)44-26-7-12-30-47(44)56(48)50-33-17-32-49-54(50)45-27-8-11-29-46(45)55(49)38-20-15-23-40(36-38)57(39-21-5-2-6-22-39)51-34-13-9-24-42(51)43-25-10-14-35-52(43)57/h1-36H. The number of fused-ring (bicyclic) bond motifs is 9. The van der Waals surface area contributed by atoms with Crippen molar-refractivity contribution in [1.82, 2.24) is 9.13 Å². The zero-order chi connectivity index (χ0) is 37.5. The molecule has 0 fully saturated rings. The normalized spacial score (nSPS) is 13.1. The van der Waals surface area contributed by atoms with Gasteiger partial charge in [-0.05, 0) is 85.5 Å². The van der Waals surface area contributed by atoms with Gasteiger partial charge in [0.15, 0.2) is 8.07 Å². The number of aromatic nitrogens is 2. The Morgan fingerprint density at radius 3 is 1.53 bits per heavy atom. The fourth-order valence-electron chi connectivity index (χ4n) is 10.2. The lowest BCUT2D eigenvalue weighted by molar-refractivity contribution is 1.17. The predicted molar refractivity (Wildman–Crippen MR) is 243 cm³/mol. The van der Waals surface area contributed by atoms with Crippen molar-refractivity contribution >= 4 is 72.4 Å². The van der Waals surface area contributed by atoms with Gasteiger partial charge in [0.2, 0.25) is 0 Å². The van der Waals surface area contributed by atoms with Crippen molar-refractivity contribution in [3.8, 4) is 33.6 Å². The maximum absolute atomic E-state index is 2.67. The van der Waals surface area contributed by atoms with Gasteiger partial charge in [0.05, 0.1) is 27.8 Å². The van der Waals surface area contributed by atoms with Gasteiger partial charge in [-0.1, -0.05) is 176 Å². The maximum Gasteiger partial charge on any atom is 0.180 e. The van der Waals surface area contributed by atoms with Gasteiger partial charge in [-0.2, -0.15) is 0 Å². The Morgan fingerprint density at radius 1 is 0.316 bits per heavy atom. The molecule has 2 nitrogen and oxygen atoms in total. The Balaban J connectivity index is 1.14. The minimum absolute atomic E-state index is 1.18. The van der Waals surface area contributed by atoms with Crippen molar-refractivity contribution in [2.75, 3.05) is 0 Å². The van der Waals surface area contributed by atoms with Gasteiger partial charge in [-0.3, -0.25) is 0 Å². The molecule has 0 radical (unpaired) electrons. The Hall–Kier alpha value is -7.20. The van der Waals surface area contributed by atoms with Crippen LogP contribution in [0.2, 0.25) is 0 Å². The van der Waals surface area contributed by atoms with Gasteiger partial charge in [-0.25, -0.2) is 0 Å². The average molecular weight is 741 g/mol. The lowest BCUT2D eigenvalue weighted by atomic mass is 9.99. The van der Waals surface area contributed by atoms with Crippen LogP contribution in [0.15, 0.2) is 218 Å². The number of hydrogen-bond donors (Lipinski definition) is 0. The maximum atomic E-state index is 2.50. The first-order valence-electron chi connectivity index (χ1n) is 19.8. The zero-order valence-electron chi connectivity index (χ0n) is 31.2. The van der Waals surface area contributed by atoms with Gasteiger partial charge in [0.1, 0.15) is 0 Å². The van der Waals surface area contributed by atoms with Gasteiger partial charge < -0.3 is 9.13 Å². The van der Waals surface area contributed by atoms with E-state index in [4.69, 9.17) is 0 Å². The molecule has 1 aliphatic rings. The summed E-state index contributed by atoms with van der Waals surface area (Å²) in [7, 11) is -2.67. The monoisotopic (exact) mass is 740 g/mol. The third kappa shape index (κ3) is 4.46. The fraction of sp³-hybridized carbons (Fsp3) is 0. The molecule has 0 amide bonds. The zero-order valence-corrected chi connectivity index (χ0v) is 32.2. The van der Waals surface area contributed by atoms with Crippen molar-refractivity contribution in [3.63, 3.8) is 0 Å². The second-order valence-corrected chi connectivity index (χ2v) is 18.9. The van der Waals surface area contributed by atoms with Crippen LogP contribution in [-0.2, 0) is 0 Å². The topological polar surface area (TPSA) is 9.86 Å². The molecule has 1 aliphatic heterocycles. The highest BCUT2D eigenvalue weighted by Crippen LogP contribution is 2.42. The van der Waals surface area contributed by atoms with Crippen LogP contribution in [0, 0.1) is 0 Å². The molecular formula is C54H36N2Si. The summed E-state index contributed by atoms with van der Waals surface area (Å²) in [4.78, 5) is 0. The van der Waals surface area contributed by atoms with E-state index in [-0.39, 0.29) is 0 Å². The van der Waals surface area contributed by atoms with Crippen LogP contribution < -0.4 is 20.7 Å². The fourth-order valence-corrected chi connectivity index (χ4v) is 15.4. The summed E-state index contributed by atoms with van der Waals surface area (Å²) in [6.45, 7) is 0. The van der Waals surface area contributed by atoms with Gasteiger partial charge in [0.25, 0.3) is 0 Å². The Bertz CT molecular complexity index is 3310. The molecule has 0 atom stereocenters. The van der Waals surface area contributed by atoms with E-state index in [1.54, 1.807) is 0 Å². The first-order valence-corrected chi connectivity index (χ1v) is 21.8. The molecule has 0 saturated carbocycles. The summed E-state index contributed by atoms with van der Waals surface area (Å²) in [5.41, 5.74) is 12.4. The molecule has 266 valence electrons. The highest BCUT2D eigenvalue weighted by atomic mass is 28.3. The van der Waals surface area contributed by atoms with Crippen molar-refractivity contribution < 1.29 is 0 Å². The third-order valence-electron chi connectivity index (χ3n) is 12.4. The molecule has 0 bridgehead atoms. The molecular weight excluding hydrogens is 705 g/mol. The van der Waals surface area contributed by atoms with Crippen LogP contribution in [0.3, 0.4) is 0 Å². The highest BCUT2D eigenvalue weighted by molar-refractivity contribution is 7.22. The third-order valence-corrected chi connectivity index (χ3v) is 17.3. The van der Waals surface area contributed by atoms with Gasteiger partial charge in [-0.15, -0.1) is 0 Å². The first kappa shape index (κ1) is 32.1. The van der Waals surface area contributed by atoms with E-state index >= 15 is 0 Å². The molecule has 0 saturated heterocycles. The number of rotatable bonds is 5. The minimum atomic E-state index is -2.67. The van der Waals surface area contributed by atoms with E-state index in [1.165, 1.54) is 98.0 Å². The molecule has 57 heavy (non-hydrogen) atoms. The summed E-state index contributed by atoms with van der Waals surface area (Å²) in [5, 5.41) is 10.7. The molecule has 2 aromatic heterocycles. The Kier molecular flexibility index (Phi) is 6.98. The van der Waals surface area contributed by atoms with E-state index in [0.29, 0.717) is 0 Å². The average Bonchev–Trinajstić information content (AvgIpc) is 3.92. The lowest BCUT2D eigenvalue weighted by Gasteiger charge is -2.31. The largest absolute Gasteiger partial charge is 0.309 e. The molecule has 0 unspecified atom stereocenters. The summed E-state index contributed by atoms with van der Waals surface area (Å²) >= 11 is 0. The van der Waals surface area contributed by atoms with Crippen molar-refractivity contribution in [3.05, 3.63) is 218 Å². The van der Waals surface area contributed by atoms with Crippen LogP contribution >= 0.6 is 0 Å². The van der Waals surface area contributed by atoms with E-state index in [2.05, 4.69) is 228 Å². The van der Waals surface area contributed by atoms with E-state index in [0.717, 1.165) is 0 Å². The van der Waals surface area contributed by atoms with Crippen LogP contribution in [0.25, 0.3) is 77.2 Å². The molecule has 9 aromatic carbocycles. The van der Waals surface area contributed by atoms with E-state index < -0.39 is 8.07 Å². The number of hydrogen-bond acceptors (Lipinski definition) is 0. The van der Waals surface area contributed by atoms with Crippen molar-refractivity contribution in [2.24, 2.45) is 0 Å². The molecule has 11 aromatic rings. The van der Waals surface area contributed by atoms with Crippen molar-refractivity contribution in [2.45, 2.75) is 0 Å². The summed E-state index contributed by atoms with van der Waals surface area (Å²) in [6.07, 6.45) is 0. The molecule has 12 rings (SSSR count). The highest BCUT2D eigenvalue weighted by Gasteiger charge is 2.48. The summed E-state index contributed by atoms with van der Waals surface area (Å²) in [5.74, 6) is 0. The summed E-state index contributed by atoms with van der Waals surface area (Å²) < 4.78 is 5.00. The number of benzene rings is 9. The van der Waals surface area contributed by atoms with Gasteiger partial charge in [0, 0.05) is 27.2 Å². The second kappa shape index (κ2) is 12.4. The molecule has 3 heteroatoms. The quantitative estimate of drug-likeness (QED) is 0.156. The number of nitrogens with zero attached hydrogens (tertiary/aromatic N) is 2. The van der Waals surface area contributed by atoms with Crippen LogP contribution in [0.4, 0.5) is 0 Å².